The summed E-state index contributed by atoms with van der Waals surface area (Å²) in [4.78, 5) is 16.4. The van der Waals surface area contributed by atoms with Crippen LogP contribution in [0.4, 0.5) is 8.78 Å². The lowest BCUT2D eigenvalue weighted by Gasteiger charge is -2.35. The molecule has 2 aromatic rings. The van der Waals surface area contributed by atoms with Gasteiger partial charge in [-0.3, -0.25) is 9.78 Å². The van der Waals surface area contributed by atoms with Crippen molar-refractivity contribution in [3.8, 4) is 0 Å². The molecule has 1 aromatic heterocycles. The Bertz CT molecular complexity index is 775. The summed E-state index contributed by atoms with van der Waals surface area (Å²) in [5.74, 6) is -4.37. The van der Waals surface area contributed by atoms with Crippen molar-refractivity contribution >= 4 is 11.6 Å². The first-order valence-corrected chi connectivity index (χ1v) is 7.30. The molecule has 1 aromatic carbocycles. The van der Waals surface area contributed by atoms with Crippen LogP contribution >= 0.6 is 0 Å². The maximum atomic E-state index is 14.1. The summed E-state index contributed by atoms with van der Waals surface area (Å²) in [6, 6.07) is 11.4. The molecule has 124 valence electrons. The Hall–Kier alpha value is -2.67. The number of halogens is 2. The van der Waals surface area contributed by atoms with Gasteiger partial charge in [0.2, 0.25) is 5.72 Å². The average molecular weight is 331 g/mol. The molecule has 0 radical (unpaired) electrons. The molecule has 0 bridgehead atoms. The normalized spacial score (nSPS) is 20.8. The van der Waals surface area contributed by atoms with Gasteiger partial charge < -0.3 is 5.11 Å². The number of aromatic nitrogens is 1. The topological polar surface area (TPSA) is 65.8 Å². The number of rotatable bonds is 3. The quantitative estimate of drug-likeness (QED) is 0.940. The minimum Gasteiger partial charge on any atom is -0.364 e. The van der Waals surface area contributed by atoms with E-state index in [0.29, 0.717) is 17.5 Å². The number of carbonyl (C=O) groups excluding carboxylic acids is 1. The van der Waals surface area contributed by atoms with Crippen LogP contribution in [0.2, 0.25) is 0 Å². The van der Waals surface area contributed by atoms with E-state index in [-0.39, 0.29) is 11.3 Å². The molecule has 0 fully saturated rings. The molecule has 0 aliphatic carbocycles. The Balaban J connectivity index is 2.05. The van der Waals surface area contributed by atoms with Crippen LogP contribution in [0.25, 0.3) is 0 Å². The van der Waals surface area contributed by atoms with Crippen LogP contribution in [-0.4, -0.2) is 38.4 Å². The molecular formula is C17H15F2N3O2. The van der Waals surface area contributed by atoms with E-state index < -0.39 is 24.0 Å². The zero-order valence-electron chi connectivity index (χ0n) is 12.9. The highest BCUT2D eigenvalue weighted by molar-refractivity contribution is 6.05. The zero-order chi connectivity index (χ0) is 17.4. The van der Waals surface area contributed by atoms with Gasteiger partial charge in [-0.15, -0.1) is 0 Å². The van der Waals surface area contributed by atoms with E-state index in [9.17, 15) is 18.7 Å². The fraction of sp³-hybridized carbons (Fsp3) is 0.235. The summed E-state index contributed by atoms with van der Waals surface area (Å²) in [6.45, 7) is 0.573. The number of hydrogen-bond acceptors (Lipinski definition) is 4. The molecule has 1 N–H and O–H groups in total. The zero-order valence-corrected chi connectivity index (χ0v) is 12.9. The van der Waals surface area contributed by atoms with Crippen LogP contribution in [0.15, 0.2) is 60.0 Å². The van der Waals surface area contributed by atoms with E-state index in [1.54, 1.807) is 30.3 Å². The molecule has 0 saturated heterocycles. The Morgan fingerprint density at radius 1 is 1.21 bits per heavy atom. The van der Waals surface area contributed by atoms with Crippen molar-refractivity contribution in [1.82, 2.24) is 9.99 Å². The highest BCUT2D eigenvalue weighted by atomic mass is 19.3. The van der Waals surface area contributed by atoms with Gasteiger partial charge >= 0.3 is 0 Å². The monoisotopic (exact) mass is 331 g/mol. The smallest absolute Gasteiger partial charge is 0.294 e. The first-order valence-electron chi connectivity index (χ1n) is 7.30. The first-order chi connectivity index (χ1) is 11.3. The third-order valence-electron chi connectivity index (χ3n) is 3.91. The number of amides is 1. The molecule has 1 unspecified atom stereocenters. The predicted molar refractivity (Wildman–Crippen MR) is 83.6 cm³/mol. The van der Waals surface area contributed by atoms with Gasteiger partial charge in [-0.1, -0.05) is 30.3 Å². The van der Waals surface area contributed by atoms with E-state index >= 15 is 0 Å². The number of nitrogens with zero attached hydrogens (tertiary/aromatic N) is 3. The van der Waals surface area contributed by atoms with E-state index in [1.807, 2.05) is 0 Å². The number of alkyl halides is 2. The maximum absolute atomic E-state index is 14.1. The summed E-state index contributed by atoms with van der Waals surface area (Å²) in [5, 5.41) is 15.1. The predicted octanol–water partition coefficient (Wildman–Crippen LogP) is 2.68. The molecule has 1 amide bonds. The number of hydrazone groups is 1. The SMILES string of the molecule is CC(F)(F)C1(O)CC(c2ccccc2)=NN1C(=O)c1ccncc1. The van der Waals surface area contributed by atoms with Crippen molar-refractivity contribution in [3.05, 3.63) is 66.0 Å². The molecule has 3 rings (SSSR count). The summed E-state index contributed by atoms with van der Waals surface area (Å²) >= 11 is 0. The van der Waals surface area contributed by atoms with Crippen molar-refractivity contribution in [2.24, 2.45) is 5.10 Å². The molecule has 1 aliphatic heterocycles. The second-order valence-electron chi connectivity index (χ2n) is 5.65. The minimum absolute atomic E-state index is 0.116. The molecular weight excluding hydrogens is 316 g/mol. The van der Waals surface area contributed by atoms with E-state index in [0.717, 1.165) is 0 Å². The summed E-state index contributed by atoms with van der Waals surface area (Å²) in [7, 11) is 0. The molecule has 24 heavy (non-hydrogen) atoms. The van der Waals surface area contributed by atoms with Crippen molar-refractivity contribution in [2.45, 2.75) is 25.0 Å². The van der Waals surface area contributed by atoms with Crippen molar-refractivity contribution in [3.63, 3.8) is 0 Å². The van der Waals surface area contributed by atoms with Crippen molar-refractivity contribution in [2.75, 3.05) is 0 Å². The van der Waals surface area contributed by atoms with Crippen LogP contribution in [0.1, 0.15) is 29.3 Å². The third kappa shape index (κ3) is 2.67. The Morgan fingerprint density at radius 3 is 2.42 bits per heavy atom. The van der Waals surface area contributed by atoms with Crippen LogP contribution < -0.4 is 0 Å². The fourth-order valence-corrected chi connectivity index (χ4v) is 2.51. The lowest BCUT2D eigenvalue weighted by Crippen LogP contribution is -2.57. The summed E-state index contributed by atoms with van der Waals surface area (Å²) in [5.41, 5.74) is -1.81. The molecule has 7 heteroatoms. The highest BCUT2D eigenvalue weighted by Gasteiger charge is 2.59. The molecule has 1 aliphatic rings. The summed E-state index contributed by atoms with van der Waals surface area (Å²) < 4.78 is 28.2. The van der Waals surface area contributed by atoms with Crippen LogP contribution in [0.3, 0.4) is 0 Å². The van der Waals surface area contributed by atoms with E-state index in [1.165, 1.54) is 24.5 Å². The molecule has 5 nitrogen and oxygen atoms in total. The number of carbonyl (C=O) groups is 1. The highest BCUT2D eigenvalue weighted by Crippen LogP contribution is 2.40. The molecule has 0 spiro atoms. The average Bonchev–Trinajstić information content (AvgIpc) is 2.95. The van der Waals surface area contributed by atoms with Crippen molar-refractivity contribution in [1.29, 1.82) is 0 Å². The van der Waals surface area contributed by atoms with E-state index in [2.05, 4.69) is 10.1 Å². The lowest BCUT2D eigenvalue weighted by molar-refractivity contribution is -0.222. The first kappa shape index (κ1) is 16.2. The number of hydrogen-bond donors (Lipinski definition) is 1. The van der Waals surface area contributed by atoms with Crippen LogP contribution in [-0.2, 0) is 0 Å². The standard InChI is InChI=1S/C17H15F2N3O2/c1-16(18,19)17(24)11-14(12-5-3-2-4-6-12)21-22(17)15(23)13-7-9-20-10-8-13/h2-10,24H,11H2,1H3. The second kappa shape index (κ2) is 5.76. The molecule has 0 saturated carbocycles. The van der Waals surface area contributed by atoms with E-state index in [4.69, 9.17) is 0 Å². The number of benzene rings is 1. The third-order valence-corrected chi connectivity index (χ3v) is 3.91. The van der Waals surface area contributed by atoms with Crippen molar-refractivity contribution < 1.29 is 18.7 Å². The Morgan fingerprint density at radius 2 is 1.83 bits per heavy atom. The van der Waals surface area contributed by atoms with Crippen LogP contribution in [0, 0.1) is 0 Å². The van der Waals surface area contributed by atoms with Gasteiger partial charge in [0.1, 0.15) is 0 Å². The minimum atomic E-state index is -3.56. The number of pyridine rings is 1. The number of aliphatic hydroxyl groups is 1. The van der Waals surface area contributed by atoms with Gasteiger partial charge in [-0.25, -0.2) is 8.78 Å². The van der Waals surface area contributed by atoms with Gasteiger partial charge in [0.25, 0.3) is 11.8 Å². The Labute approximate surface area is 137 Å². The maximum Gasteiger partial charge on any atom is 0.294 e. The van der Waals surface area contributed by atoms with Gasteiger partial charge in [0.15, 0.2) is 0 Å². The Kier molecular flexibility index (Phi) is 3.88. The van der Waals surface area contributed by atoms with Gasteiger partial charge in [0.05, 0.1) is 5.71 Å². The molecule has 1 atom stereocenters. The largest absolute Gasteiger partial charge is 0.364 e. The lowest BCUT2D eigenvalue weighted by atomic mass is 9.96. The van der Waals surface area contributed by atoms with Crippen LogP contribution in [0.5, 0.6) is 0 Å². The van der Waals surface area contributed by atoms with Gasteiger partial charge in [0, 0.05) is 31.3 Å². The fourth-order valence-electron chi connectivity index (χ4n) is 2.51. The van der Waals surface area contributed by atoms with Gasteiger partial charge in [-0.05, 0) is 17.7 Å². The second-order valence-corrected chi connectivity index (χ2v) is 5.65. The van der Waals surface area contributed by atoms with Gasteiger partial charge in [-0.2, -0.15) is 10.1 Å². The molecule has 2 heterocycles. The summed E-state index contributed by atoms with van der Waals surface area (Å²) in [6.07, 6.45) is 2.28.